The van der Waals surface area contributed by atoms with Crippen LogP contribution in [-0.4, -0.2) is 28.5 Å². The molecule has 0 spiro atoms. The number of aromatic nitrogens is 2. The zero-order valence-corrected chi connectivity index (χ0v) is 20.4. The third kappa shape index (κ3) is 6.53. The number of hydrogen-bond acceptors (Lipinski definition) is 5. The maximum absolute atomic E-state index is 12.9. The number of nitrogens with zero attached hydrogens (tertiary/aromatic N) is 2. The molecule has 176 valence electrons. The van der Waals surface area contributed by atoms with Crippen molar-refractivity contribution in [2.24, 2.45) is 5.92 Å². The zero-order chi connectivity index (χ0) is 24.0. The van der Waals surface area contributed by atoms with Gasteiger partial charge in [0, 0.05) is 23.1 Å². The van der Waals surface area contributed by atoms with E-state index in [0.29, 0.717) is 23.1 Å². The van der Waals surface area contributed by atoms with Gasteiger partial charge in [0.25, 0.3) is 5.56 Å². The molecule has 1 atom stereocenters. The van der Waals surface area contributed by atoms with Crippen LogP contribution in [0.25, 0.3) is 0 Å². The number of nitrogens with one attached hydrogen (secondary N) is 2. The number of carbonyl (C=O) groups excluding carboxylic acids is 1. The number of carbonyl (C=O) groups is 1. The second-order valence-electron chi connectivity index (χ2n) is 8.23. The normalized spacial score (nSPS) is 12.1. The number of amides is 1. The Hall–Kier alpha value is -2.45. The van der Waals surface area contributed by atoms with Crippen molar-refractivity contribution < 1.29 is 4.79 Å². The molecule has 4 N–H and O–H groups in total. The van der Waals surface area contributed by atoms with Crippen molar-refractivity contribution in [3.63, 3.8) is 0 Å². The highest BCUT2D eigenvalue weighted by atomic mass is 35.5. The van der Waals surface area contributed by atoms with Crippen LogP contribution in [0, 0.1) is 5.92 Å². The van der Waals surface area contributed by atoms with E-state index in [-0.39, 0.29) is 35.9 Å². The minimum absolute atomic E-state index is 0.0603. The van der Waals surface area contributed by atoms with Crippen molar-refractivity contribution >= 4 is 40.6 Å². The quantitative estimate of drug-likeness (QED) is 0.477. The van der Waals surface area contributed by atoms with Gasteiger partial charge in [0.15, 0.2) is 0 Å². The van der Waals surface area contributed by atoms with E-state index in [1.165, 1.54) is 4.57 Å². The summed E-state index contributed by atoms with van der Waals surface area (Å²) >= 11 is 12.2. The van der Waals surface area contributed by atoms with Crippen LogP contribution in [0.5, 0.6) is 0 Å². The Bertz CT molecular complexity index is 1060. The molecule has 0 saturated carbocycles. The predicted molar refractivity (Wildman–Crippen MR) is 131 cm³/mol. The van der Waals surface area contributed by atoms with Crippen LogP contribution in [0.15, 0.2) is 27.8 Å². The van der Waals surface area contributed by atoms with Crippen LogP contribution in [0.3, 0.4) is 0 Å². The minimum Gasteiger partial charge on any atom is -0.383 e. The Labute approximate surface area is 197 Å². The van der Waals surface area contributed by atoms with E-state index in [4.69, 9.17) is 28.9 Å². The molecule has 0 bridgehead atoms. The van der Waals surface area contributed by atoms with E-state index >= 15 is 0 Å². The fraction of sp³-hybridized carbons (Fsp3) is 0.500. The summed E-state index contributed by atoms with van der Waals surface area (Å²) in [6.45, 7) is 8.41. The number of nitrogens with two attached hydrogens (primary N) is 1. The number of benzene rings is 1. The number of aromatic amines is 1. The maximum atomic E-state index is 12.9. The van der Waals surface area contributed by atoms with Crippen molar-refractivity contribution in [2.45, 2.75) is 53.1 Å². The van der Waals surface area contributed by atoms with Gasteiger partial charge in [-0.1, -0.05) is 56.5 Å². The molecule has 1 amide bonds. The van der Waals surface area contributed by atoms with Crippen molar-refractivity contribution in [3.05, 3.63) is 54.6 Å². The van der Waals surface area contributed by atoms with Gasteiger partial charge in [-0.05, 0) is 37.0 Å². The first-order valence-electron chi connectivity index (χ1n) is 10.7. The number of unbranched alkanes of at least 4 members (excludes halogenated alkanes) is 1. The van der Waals surface area contributed by atoms with Gasteiger partial charge in [-0.15, -0.1) is 0 Å². The highest BCUT2D eigenvalue weighted by Crippen LogP contribution is 2.26. The van der Waals surface area contributed by atoms with E-state index in [9.17, 15) is 14.4 Å². The first-order chi connectivity index (χ1) is 15.0. The summed E-state index contributed by atoms with van der Waals surface area (Å²) < 4.78 is 1.34. The lowest BCUT2D eigenvalue weighted by Gasteiger charge is -2.27. The van der Waals surface area contributed by atoms with Crippen molar-refractivity contribution in [2.75, 3.05) is 23.7 Å². The van der Waals surface area contributed by atoms with Gasteiger partial charge in [0.1, 0.15) is 11.5 Å². The highest BCUT2D eigenvalue weighted by molar-refractivity contribution is 6.35. The molecular formula is C22H31Cl2N5O3. The van der Waals surface area contributed by atoms with Crippen LogP contribution < -0.4 is 27.2 Å². The van der Waals surface area contributed by atoms with Crippen molar-refractivity contribution in [1.29, 1.82) is 0 Å². The SMILES string of the molecule is CCCCN(CC(=O)NC(C)c1ccc(Cl)cc1Cl)c1c(N)n(CC(C)C)c(=O)[nH]c1=O. The zero-order valence-electron chi connectivity index (χ0n) is 18.9. The molecule has 1 aromatic carbocycles. The van der Waals surface area contributed by atoms with Gasteiger partial charge >= 0.3 is 5.69 Å². The van der Waals surface area contributed by atoms with Gasteiger partial charge in [-0.2, -0.15) is 0 Å². The molecule has 0 aliphatic rings. The number of anilines is 2. The Morgan fingerprint density at radius 2 is 1.94 bits per heavy atom. The van der Waals surface area contributed by atoms with Gasteiger partial charge in [-0.25, -0.2) is 4.79 Å². The molecule has 2 rings (SSSR count). The molecule has 8 nitrogen and oxygen atoms in total. The lowest BCUT2D eigenvalue weighted by molar-refractivity contribution is -0.120. The van der Waals surface area contributed by atoms with Crippen LogP contribution in [0.4, 0.5) is 11.5 Å². The molecule has 10 heteroatoms. The van der Waals surface area contributed by atoms with Gasteiger partial charge in [-0.3, -0.25) is 19.1 Å². The highest BCUT2D eigenvalue weighted by Gasteiger charge is 2.22. The summed E-state index contributed by atoms with van der Waals surface area (Å²) in [5, 5.41) is 3.86. The summed E-state index contributed by atoms with van der Waals surface area (Å²) in [5.41, 5.74) is 5.94. The minimum atomic E-state index is -0.606. The van der Waals surface area contributed by atoms with Crippen LogP contribution in [0.1, 0.15) is 52.1 Å². The van der Waals surface area contributed by atoms with E-state index in [2.05, 4.69) is 10.3 Å². The molecule has 0 aliphatic carbocycles. The average Bonchev–Trinajstić information content (AvgIpc) is 2.68. The van der Waals surface area contributed by atoms with Crippen molar-refractivity contribution in [1.82, 2.24) is 14.9 Å². The van der Waals surface area contributed by atoms with E-state index in [1.54, 1.807) is 23.1 Å². The Balaban J connectivity index is 2.31. The lowest BCUT2D eigenvalue weighted by atomic mass is 10.1. The van der Waals surface area contributed by atoms with E-state index in [0.717, 1.165) is 18.4 Å². The number of H-pyrrole nitrogens is 1. The molecule has 0 fully saturated rings. The average molecular weight is 484 g/mol. The Morgan fingerprint density at radius 1 is 1.25 bits per heavy atom. The standard InChI is InChI=1S/C22H31Cl2N5O3/c1-5-6-9-28(19-20(25)29(11-13(2)3)22(32)27-21(19)31)12-18(30)26-14(4)16-8-7-15(23)10-17(16)24/h7-8,10,13-14H,5-6,9,11-12,25H2,1-4H3,(H,26,30)(H,27,31,32). The largest absolute Gasteiger partial charge is 0.383 e. The monoisotopic (exact) mass is 483 g/mol. The molecule has 0 aliphatic heterocycles. The van der Waals surface area contributed by atoms with E-state index < -0.39 is 11.2 Å². The fourth-order valence-corrected chi connectivity index (χ4v) is 4.01. The molecule has 32 heavy (non-hydrogen) atoms. The van der Waals surface area contributed by atoms with E-state index in [1.807, 2.05) is 27.7 Å². The summed E-state index contributed by atoms with van der Waals surface area (Å²) in [6.07, 6.45) is 1.60. The van der Waals surface area contributed by atoms with Gasteiger partial charge in [0.2, 0.25) is 5.91 Å². The summed E-state index contributed by atoms with van der Waals surface area (Å²) in [5.74, 6) is -0.101. The lowest BCUT2D eigenvalue weighted by Crippen LogP contribution is -2.44. The maximum Gasteiger partial charge on any atom is 0.330 e. The van der Waals surface area contributed by atoms with Crippen LogP contribution >= 0.6 is 23.2 Å². The smallest absolute Gasteiger partial charge is 0.330 e. The molecule has 0 saturated heterocycles. The first kappa shape index (κ1) is 25.8. The Kier molecular flexibility index (Phi) is 9.21. The second kappa shape index (κ2) is 11.4. The van der Waals surface area contributed by atoms with Crippen LogP contribution in [-0.2, 0) is 11.3 Å². The topological polar surface area (TPSA) is 113 Å². The molecule has 1 heterocycles. The molecule has 1 unspecified atom stereocenters. The number of halogens is 2. The van der Waals surface area contributed by atoms with Gasteiger partial charge < -0.3 is 16.0 Å². The second-order valence-corrected chi connectivity index (χ2v) is 9.07. The molecular weight excluding hydrogens is 453 g/mol. The summed E-state index contributed by atoms with van der Waals surface area (Å²) in [4.78, 5) is 41.7. The number of hydrogen-bond donors (Lipinski definition) is 3. The fourth-order valence-electron chi connectivity index (χ4n) is 3.44. The molecule has 2 aromatic rings. The number of rotatable bonds is 10. The summed E-state index contributed by atoms with van der Waals surface area (Å²) in [7, 11) is 0. The van der Waals surface area contributed by atoms with Crippen molar-refractivity contribution in [3.8, 4) is 0 Å². The predicted octanol–water partition coefficient (Wildman–Crippen LogP) is 3.57. The van der Waals surface area contributed by atoms with Gasteiger partial charge in [0.05, 0.1) is 12.6 Å². The Morgan fingerprint density at radius 3 is 2.53 bits per heavy atom. The summed E-state index contributed by atoms with van der Waals surface area (Å²) in [6, 6.07) is 4.71. The molecule has 1 aromatic heterocycles. The third-order valence-corrected chi connectivity index (χ3v) is 5.56. The number of nitrogen functional groups attached to an aromatic ring is 1. The third-order valence-electron chi connectivity index (χ3n) is 5.00. The molecule has 0 radical (unpaired) electrons. The first-order valence-corrected chi connectivity index (χ1v) is 11.4. The van der Waals surface area contributed by atoms with Crippen LogP contribution in [0.2, 0.25) is 10.0 Å².